The van der Waals surface area contributed by atoms with E-state index < -0.39 is 10.0 Å². The van der Waals surface area contributed by atoms with E-state index in [-0.39, 0.29) is 11.8 Å². The molecular weight excluding hydrogens is 272 g/mol. The second-order valence-electron chi connectivity index (χ2n) is 6.17. The summed E-state index contributed by atoms with van der Waals surface area (Å²) in [6.07, 6.45) is 4.20. The van der Waals surface area contributed by atoms with E-state index in [2.05, 4.69) is 10.0 Å². The molecule has 2 fully saturated rings. The van der Waals surface area contributed by atoms with Gasteiger partial charge in [-0.3, -0.25) is 0 Å². The van der Waals surface area contributed by atoms with E-state index in [1.807, 2.05) is 31.2 Å². The summed E-state index contributed by atoms with van der Waals surface area (Å²) in [7, 11) is -3.25. The Morgan fingerprint density at radius 2 is 1.95 bits per heavy atom. The van der Waals surface area contributed by atoms with E-state index >= 15 is 0 Å². The van der Waals surface area contributed by atoms with Crippen molar-refractivity contribution in [1.29, 1.82) is 0 Å². The first kappa shape index (κ1) is 14.0. The highest BCUT2D eigenvalue weighted by molar-refractivity contribution is 7.88. The number of fused-ring (bicyclic) bond motifs is 2. The van der Waals surface area contributed by atoms with Crippen molar-refractivity contribution in [3.63, 3.8) is 0 Å². The molecule has 2 aliphatic heterocycles. The van der Waals surface area contributed by atoms with Crippen LogP contribution in [0.1, 0.15) is 36.8 Å². The highest BCUT2D eigenvalue weighted by Crippen LogP contribution is 2.27. The third-order valence-corrected chi connectivity index (χ3v) is 5.66. The molecule has 2 N–H and O–H groups in total. The Balaban J connectivity index is 1.64. The molecular formula is C15H22N2O2S. The van der Waals surface area contributed by atoms with Gasteiger partial charge in [0.15, 0.2) is 0 Å². The van der Waals surface area contributed by atoms with Gasteiger partial charge in [-0.1, -0.05) is 29.8 Å². The van der Waals surface area contributed by atoms with Crippen LogP contribution in [0.25, 0.3) is 0 Å². The van der Waals surface area contributed by atoms with Gasteiger partial charge >= 0.3 is 0 Å². The van der Waals surface area contributed by atoms with Crippen LogP contribution in [0.3, 0.4) is 0 Å². The van der Waals surface area contributed by atoms with Gasteiger partial charge in [0, 0.05) is 18.1 Å². The maximum absolute atomic E-state index is 12.3. The van der Waals surface area contributed by atoms with Gasteiger partial charge in [-0.15, -0.1) is 0 Å². The lowest BCUT2D eigenvalue weighted by molar-refractivity contribution is 0.345. The van der Waals surface area contributed by atoms with Crippen LogP contribution >= 0.6 is 0 Å². The third-order valence-electron chi connectivity index (χ3n) is 4.26. The Hall–Kier alpha value is -0.910. The van der Waals surface area contributed by atoms with Crippen LogP contribution in [0.2, 0.25) is 0 Å². The minimum atomic E-state index is -3.25. The largest absolute Gasteiger partial charge is 0.311 e. The van der Waals surface area contributed by atoms with Crippen LogP contribution in [-0.2, 0) is 15.8 Å². The second-order valence-corrected chi connectivity index (χ2v) is 7.93. The Kier molecular flexibility index (Phi) is 3.84. The van der Waals surface area contributed by atoms with Crippen molar-refractivity contribution in [1.82, 2.24) is 10.0 Å². The fourth-order valence-corrected chi connectivity index (χ4v) is 4.87. The molecule has 2 atom stereocenters. The van der Waals surface area contributed by atoms with Crippen LogP contribution in [0, 0.1) is 6.92 Å². The molecule has 0 aliphatic carbocycles. The van der Waals surface area contributed by atoms with Crippen LogP contribution in [0.15, 0.2) is 24.3 Å². The highest BCUT2D eigenvalue weighted by Gasteiger charge is 2.34. The molecule has 2 bridgehead atoms. The van der Waals surface area contributed by atoms with Gasteiger partial charge in [0.2, 0.25) is 10.0 Å². The molecule has 2 saturated heterocycles. The molecule has 2 aliphatic rings. The Morgan fingerprint density at radius 1 is 1.25 bits per heavy atom. The molecule has 2 heterocycles. The van der Waals surface area contributed by atoms with Gasteiger partial charge in [0.05, 0.1) is 5.75 Å². The number of piperidine rings is 1. The summed E-state index contributed by atoms with van der Waals surface area (Å²) in [4.78, 5) is 0. The third kappa shape index (κ3) is 3.40. The first-order chi connectivity index (χ1) is 9.50. The minimum Gasteiger partial charge on any atom is -0.311 e. The van der Waals surface area contributed by atoms with Crippen molar-refractivity contribution in [3.8, 4) is 0 Å². The molecule has 4 nitrogen and oxygen atoms in total. The number of aryl methyl sites for hydroxylation is 1. The summed E-state index contributed by atoms with van der Waals surface area (Å²) < 4.78 is 27.5. The van der Waals surface area contributed by atoms with E-state index in [4.69, 9.17) is 0 Å². The highest BCUT2D eigenvalue weighted by atomic mass is 32.2. The standard InChI is InChI=1S/C15H22N2O2S/c1-11-3-2-4-12(7-11)10-20(18,19)17-15-8-13-5-6-14(9-15)16-13/h2-4,7,13-17H,5-6,8-10H2,1H3. The predicted octanol–water partition coefficient (Wildman–Crippen LogP) is 1.70. The second kappa shape index (κ2) is 5.47. The lowest BCUT2D eigenvalue weighted by Gasteiger charge is -2.29. The summed E-state index contributed by atoms with van der Waals surface area (Å²) in [6.45, 7) is 1.98. The molecule has 2 unspecified atom stereocenters. The minimum absolute atomic E-state index is 0.0773. The Morgan fingerprint density at radius 3 is 2.60 bits per heavy atom. The molecule has 1 aromatic rings. The molecule has 20 heavy (non-hydrogen) atoms. The molecule has 110 valence electrons. The van der Waals surface area contributed by atoms with Gasteiger partial charge in [-0.2, -0.15) is 0 Å². The molecule has 0 aromatic heterocycles. The monoisotopic (exact) mass is 294 g/mol. The van der Waals surface area contributed by atoms with Crippen molar-refractivity contribution in [2.45, 2.75) is 56.5 Å². The number of rotatable bonds is 4. The number of hydrogen-bond donors (Lipinski definition) is 2. The Bertz CT molecular complexity index is 573. The lowest BCUT2D eigenvalue weighted by Crippen LogP contribution is -2.48. The number of sulfonamides is 1. The molecule has 5 heteroatoms. The fourth-order valence-electron chi connectivity index (χ4n) is 3.47. The molecule has 3 rings (SSSR count). The van der Waals surface area contributed by atoms with Gasteiger partial charge in [-0.05, 0) is 38.2 Å². The van der Waals surface area contributed by atoms with Crippen LogP contribution in [-0.4, -0.2) is 26.5 Å². The summed E-state index contributed by atoms with van der Waals surface area (Å²) in [6, 6.07) is 8.80. The number of benzene rings is 1. The van der Waals surface area contributed by atoms with Crippen molar-refractivity contribution in [2.24, 2.45) is 0 Å². The summed E-state index contributed by atoms with van der Waals surface area (Å²) in [5.41, 5.74) is 1.95. The van der Waals surface area contributed by atoms with E-state index in [1.165, 1.54) is 12.8 Å². The first-order valence-corrected chi connectivity index (χ1v) is 8.97. The Labute approximate surface area is 121 Å². The van der Waals surface area contributed by atoms with E-state index in [0.717, 1.165) is 24.0 Å². The zero-order chi connectivity index (χ0) is 14.2. The molecule has 0 amide bonds. The summed E-state index contributed by atoms with van der Waals surface area (Å²) >= 11 is 0. The molecule has 0 radical (unpaired) electrons. The smallest absolute Gasteiger partial charge is 0.216 e. The van der Waals surface area contributed by atoms with Crippen LogP contribution in [0.5, 0.6) is 0 Å². The molecule has 0 saturated carbocycles. The normalized spacial score (nSPS) is 29.6. The molecule has 1 aromatic carbocycles. The summed E-state index contributed by atoms with van der Waals surface area (Å²) in [5.74, 6) is 0.0773. The van der Waals surface area contributed by atoms with Crippen LogP contribution in [0.4, 0.5) is 0 Å². The van der Waals surface area contributed by atoms with E-state index in [0.29, 0.717) is 12.1 Å². The first-order valence-electron chi connectivity index (χ1n) is 7.32. The zero-order valence-electron chi connectivity index (χ0n) is 11.8. The van der Waals surface area contributed by atoms with Gasteiger partial charge in [0.25, 0.3) is 0 Å². The zero-order valence-corrected chi connectivity index (χ0v) is 12.6. The lowest BCUT2D eigenvalue weighted by atomic mass is 10.0. The predicted molar refractivity (Wildman–Crippen MR) is 79.9 cm³/mol. The summed E-state index contributed by atoms with van der Waals surface area (Å²) in [5, 5.41) is 3.53. The van der Waals surface area contributed by atoms with Crippen LogP contribution < -0.4 is 10.0 Å². The average molecular weight is 294 g/mol. The quantitative estimate of drug-likeness (QED) is 0.888. The maximum Gasteiger partial charge on any atom is 0.216 e. The van der Waals surface area contributed by atoms with E-state index in [1.54, 1.807) is 0 Å². The van der Waals surface area contributed by atoms with E-state index in [9.17, 15) is 8.42 Å². The van der Waals surface area contributed by atoms with Crippen molar-refractivity contribution < 1.29 is 8.42 Å². The van der Waals surface area contributed by atoms with Gasteiger partial charge in [0.1, 0.15) is 0 Å². The van der Waals surface area contributed by atoms with Crippen molar-refractivity contribution >= 4 is 10.0 Å². The van der Waals surface area contributed by atoms with Gasteiger partial charge < -0.3 is 5.32 Å². The average Bonchev–Trinajstić information content (AvgIpc) is 2.67. The topological polar surface area (TPSA) is 58.2 Å². The van der Waals surface area contributed by atoms with Crippen molar-refractivity contribution in [3.05, 3.63) is 35.4 Å². The van der Waals surface area contributed by atoms with Crippen molar-refractivity contribution in [2.75, 3.05) is 0 Å². The molecule has 0 spiro atoms. The number of hydrogen-bond acceptors (Lipinski definition) is 3. The van der Waals surface area contributed by atoms with Gasteiger partial charge in [-0.25, -0.2) is 13.1 Å². The maximum atomic E-state index is 12.3. The fraction of sp³-hybridized carbons (Fsp3) is 0.600. The SMILES string of the molecule is Cc1cccc(CS(=O)(=O)NC2CC3CCC(C2)N3)c1. The number of nitrogens with one attached hydrogen (secondary N) is 2.